The van der Waals surface area contributed by atoms with Crippen molar-refractivity contribution in [2.45, 2.75) is 25.9 Å². The fraction of sp³-hybridized carbons (Fsp3) is 0.923. The SMILES string of the molecule is CCNC(=NCC1CC1)NCC1CN(C)CCO1.I. The Labute approximate surface area is 133 Å². The van der Waals surface area contributed by atoms with E-state index in [2.05, 4.69) is 34.5 Å². The molecule has 5 nitrogen and oxygen atoms in total. The van der Waals surface area contributed by atoms with Crippen molar-refractivity contribution in [2.24, 2.45) is 10.9 Å². The van der Waals surface area contributed by atoms with E-state index in [1.807, 2.05) is 0 Å². The van der Waals surface area contributed by atoms with Gasteiger partial charge >= 0.3 is 0 Å². The zero-order chi connectivity index (χ0) is 12.8. The molecule has 1 aliphatic carbocycles. The van der Waals surface area contributed by atoms with Crippen LogP contribution < -0.4 is 10.6 Å². The van der Waals surface area contributed by atoms with Gasteiger partial charge in [0.05, 0.1) is 12.7 Å². The Kier molecular flexibility index (Phi) is 8.01. The second-order valence-electron chi connectivity index (χ2n) is 5.30. The lowest BCUT2D eigenvalue weighted by Gasteiger charge is -2.30. The third kappa shape index (κ3) is 6.76. The van der Waals surface area contributed by atoms with Gasteiger partial charge in [0.15, 0.2) is 5.96 Å². The van der Waals surface area contributed by atoms with Crippen molar-refractivity contribution in [3.05, 3.63) is 0 Å². The molecule has 1 atom stereocenters. The molecule has 0 aromatic heterocycles. The highest BCUT2D eigenvalue weighted by Gasteiger charge is 2.21. The number of guanidine groups is 1. The highest BCUT2D eigenvalue weighted by atomic mass is 127. The Bertz CT molecular complexity index is 284. The number of nitrogens with zero attached hydrogens (tertiary/aromatic N) is 2. The number of aliphatic imine (C=N–C) groups is 1. The average molecular weight is 382 g/mol. The van der Waals surface area contributed by atoms with E-state index < -0.39 is 0 Å². The lowest BCUT2D eigenvalue weighted by Crippen LogP contribution is -2.48. The topological polar surface area (TPSA) is 48.9 Å². The first-order chi connectivity index (χ1) is 8.78. The minimum absolute atomic E-state index is 0. The number of rotatable bonds is 5. The molecular weight excluding hydrogens is 355 g/mol. The van der Waals surface area contributed by atoms with Gasteiger partial charge in [-0.2, -0.15) is 0 Å². The first kappa shape index (κ1) is 17.0. The second-order valence-corrected chi connectivity index (χ2v) is 5.30. The van der Waals surface area contributed by atoms with Crippen molar-refractivity contribution in [3.8, 4) is 0 Å². The van der Waals surface area contributed by atoms with E-state index in [-0.39, 0.29) is 30.1 Å². The number of morpholine rings is 1. The van der Waals surface area contributed by atoms with Gasteiger partial charge < -0.3 is 20.3 Å². The Morgan fingerprint density at radius 2 is 2.16 bits per heavy atom. The molecule has 2 aliphatic rings. The maximum atomic E-state index is 5.73. The lowest BCUT2D eigenvalue weighted by molar-refractivity contribution is -0.0161. The number of ether oxygens (including phenoxy) is 1. The number of hydrogen-bond donors (Lipinski definition) is 2. The molecule has 2 N–H and O–H groups in total. The van der Waals surface area contributed by atoms with E-state index in [0.29, 0.717) is 0 Å². The van der Waals surface area contributed by atoms with Gasteiger partial charge in [0.25, 0.3) is 0 Å². The van der Waals surface area contributed by atoms with Crippen LogP contribution >= 0.6 is 24.0 Å². The first-order valence-electron chi connectivity index (χ1n) is 7.10. The summed E-state index contributed by atoms with van der Waals surface area (Å²) in [5.74, 6) is 1.76. The van der Waals surface area contributed by atoms with Crippen LogP contribution in [0.1, 0.15) is 19.8 Å². The molecule has 0 amide bonds. The minimum Gasteiger partial charge on any atom is -0.374 e. The van der Waals surface area contributed by atoms with Gasteiger partial charge in [-0.3, -0.25) is 4.99 Å². The summed E-state index contributed by atoms with van der Waals surface area (Å²) >= 11 is 0. The van der Waals surface area contributed by atoms with Crippen LogP contribution in [0.25, 0.3) is 0 Å². The zero-order valence-electron chi connectivity index (χ0n) is 12.0. The molecule has 6 heteroatoms. The van der Waals surface area contributed by atoms with Crippen LogP contribution in [0.15, 0.2) is 4.99 Å². The summed E-state index contributed by atoms with van der Waals surface area (Å²) in [7, 11) is 2.14. The average Bonchev–Trinajstić information content (AvgIpc) is 3.17. The van der Waals surface area contributed by atoms with Crippen LogP contribution in [0, 0.1) is 5.92 Å². The van der Waals surface area contributed by atoms with E-state index in [9.17, 15) is 0 Å². The molecule has 1 unspecified atom stereocenters. The Morgan fingerprint density at radius 1 is 1.37 bits per heavy atom. The van der Waals surface area contributed by atoms with Crippen LogP contribution in [0.2, 0.25) is 0 Å². The molecule has 2 fully saturated rings. The van der Waals surface area contributed by atoms with Gasteiger partial charge in [-0.1, -0.05) is 0 Å². The largest absolute Gasteiger partial charge is 0.374 e. The van der Waals surface area contributed by atoms with Crippen molar-refractivity contribution >= 4 is 29.9 Å². The van der Waals surface area contributed by atoms with Crippen molar-refractivity contribution in [1.29, 1.82) is 0 Å². The fourth-order valence-corrected chi connectivity index (χ4v) is 2.06. The predicted octanol–water partition coefficient (Wildman–Crippen LogP) is 0.900. The van der Waals surface area contributed by atoms with Crippen LogP contribution in [0.5, 0.6) is 0 Å². The molecule has 2 rings (SSSR count). The van der Waals surface area contributed by atoms with Crippen molar-refractivity contribution in [1.82, 2.24) is 15.5 Å². The van der Waals surface area contributed by atoms with Crippen LogP contribution in [-0.4, -0.2) is 63.3 Å². The van der Waals surface area contributed by atoms with Gasteiger partial charge in [-0.15, -0.1) is 24.0 Å². The molecule has 1 aliphatic heterocycles. The monoisotopic (exact) mass is 382 g/mol. The van der Waals surface area contributed by atoms with Crippen LogP contribution in [-0.2, 0) is 4.74 Å². The Morgan fingerprint density at radius 3 is 2.79 bits per heavy atom. The molecule has 0 aromatic rings. The molecule has 0 bridgehead atoms. The van der Waals surface area contributed by atoms with E-state index in [1.165, 1.54) is 12.8 Å². The predicted molar refractivity (Wildman–Crippen MR) is 89.4 cm³/mol. The number of halogens is 1. The molecule has 0 radical (unpaired) electrons. The van der Waals surface area contributed by atoms with Crippen LogP contribution in [0.3, 0.4) is 0 Å². The van der Waals surface area contributed by atoms with E-state index in [1.54, 1.807) is 0 Å². The van der Waals surface area contributed by atoms with E-state index in [0.717, 1.165) is 51.2 Å². The van der Waals surface area contributed by atoms with Gasteiger partial charge in [-0.05, 0) is 32.7 Å². The summed E-state index contributed by atoms with van der Waals surface area (Å²) in [5, 5.41) is 6.67. The van der Waals surface area contributed by atoms with Gasteiger partial charge in [0.2, 0.25) is 0 Å². The Hall–Kier alpha value is -0.0800. The number of nitrogens with one attached hydrogen (secondary N) is 2. The third-order valence-electron chi connectivity index (χ3n) is 3.39. The fourth-order valence-electron chi connectivity index (χ4n) is 2.06. The molecular formula is C13H27IN4O. The number of likely N-dealkylation sites (N-methyl/N-ethyl adjacent to an activating group) is 1. The molecule has 112 valence electrons. The summed E-state index contributed by atoms with van der Waals surface area (Å²) in [6.07, 6.45) is 2.97. The summed E-state index contributed by atoms with van der Waals surface area (Å²) in [4.78, 5) is 6.91. The van der Waals surface area contributed by atoms with Gasteiger partial charge in [-0.25, -0.2) is 0 Å². The lowest BCUT2D eigenvalue weighted by atomic mass is 10.3. The Balaban J connectivity index is 0.00000180. The standard InChI is InChI=1S/C13H26N4O.HI/c1-3-14-13(15-8-11-4-5-11)16-9-12-10-17(2)6-7-18-12;/h11-12H,3-10H2,1-2H3,(H2,14,15,16);1H. The first-order valence-corrected chi connectivity index (χ1v) is 7.10. The highest BCUT2D eigenvalue weighted by Crippen LogP contribution is 2.28. The second kappa shape index (κ2) is 8.97. The molecule has 0 aromatic carbocycles. The quantitative estimate of drug-likeness (QED) is 0.422. The van der Waals surface area contributed by atoms with E-state index in [4.69, 9.17) is 4.74 Å². The smallest absolute Gasteiger partial charge is 0.191 e. The van der Waals surface area contributed by atoms with Crippen molar-refractivity contribution in [2.75, 3.05) is 46.4 Å². The van der Waals surface area contributed by atoms with Crippen LogP contribution in [0.4, 0.5) is 0 Å². The summed E-state index contributed by atoms with van der Waals surface area (Å²) in [6, 6.07) is 0. The van der Waals surface area contributed by atoms with Crippen molar-refractivity contribution in [3.63, 3.8) is 0 Å². The summed E-state index contributed by atoms with van der Waals surface area (Å²) in [5.41, 5.74) is 0. The van der Waals surface area contributed by atoms with Gasteiger partial charge in [0.1, 0.15) is 0 Å². The molecule has 1 saturated heterocycles. The summed E-state index contributed by atoms with van der Waals surface area (Å²) in [6.45, 7) is 7.66. The third-order valence-corrected chi connectivity index (χ3v) is 3.39. The molecule has 1 saturated carbocycles. The number of hydrogen-bond acceptors (Lipinski definition) is 3. The maximum Gasteiger partial charge on any atom is 0.191 e. The minimum atomic E-state index is 0. The molecule has 1 heterocycles. The van der Waals surface area contributed by atoms with Gasteiger partial charge in [0, 0.05) is 32.7 Å². The maximum absolute atomic E-state index is 5.73. The highest BCUT2D eigenvalue weighted by molar-refractivity contribution is 14.0. The van der Waals surface area contributed by atoms with Crippen molar-refractivity contribution < 1.29 is 4.74 Å². The summed E-state index contributed by atoms with van der Waals surface area (Å²) < 4.78 is 5.73. The molecule has 19 heavy (non-hydrogen) atoms. The normalized spacial score (nSPS) is 24.7. The molecule has 0 spiro atoms. The zero-order valence-corrected chi connectivity index (χ0v) is 14.4. The van der Waals surface area contributed by atoms with E-state index >= 15 is 0 Å².